The van der Waals surface area contributed by atoms with E-state index >= 15 is 0 Å². The Morgan fingerprint density at radius 2 is 1.85 bits per heavy atom. The zero-order chi connectivity index (χ0) is 14.7. The summed E-state index contributed by atoms with van der Waals surface area (Å²) in [4.78, 5) is 23.2. The quantitative estimate of drug-likeness (QED) is 0.466. The van der Waals surface area contributed by atoms with Gasteiger partial charge in [0.25, 0.3) is 0 Å². The molecule has 20 heavy (non-hydrogen) atoms. The highest BCUT2D eigenvalue weighted by Gasteiger charge is 2.37. The van der Waals surface area contributed by atoms with Crippen molar-refractivity contribution in [2.45, 2.75) is 23.5 Å². The van der Waals surface area contributed by atoms with Crippen molar-refractivity contribution in [3.63, 3.8) is 0 Å². The molecule has 0 N–H and O–H groups in total. The SMILES string of the molecule is C=CSc1sc([N+](=O)[O-])c(N2CCCCC2)c1[N+](=O)[O-]. The van der Waals surface area contributed by atoms with E-state index in [-0.39, 0.29) is 16.4 Å². The molecule has 2 rings (SSSR count). The lowest BCUT2D eigenvalue weighted by Gasteiger charge is -2.26. The van der Waals surface area contributed by atoms with Crippen molar-refractivity contribution in [2.75, 3.05) is 18.0 Å². The van der Waals surface area contributed by atoms with Gasteiger partial charge in [-0.3, -0.25) is 20.2 Å². The molecule has 0 radical (unpaired) electrons. The van der Waals surface area contributed by atoms with Gasteiger partial charge in [0, 0.05) is 13.1 Å². The molecule has 1 fully saturated rings. The number of thiophene rings is 1. The molecule has 1 aliphatic heterocycles. The Labute approximate surface area is 123 Å². The molecule has 0 aromatic carbocycles. The Balaban J connectivity index is 2.56. The van der Waals surface area contributed by atoms with E-state index in [0.29, 0.717) is 17.3 Å². The van der Waals surface area contributed by atoms with Crippen LogP contribution in [-0.4, -0.2) is 22.9 Å². The topological polar surface area (TPSA) is 89.5 Å². The second-order valence-corrected chi connectivity index (χ2v) is 6.47. The first-order valence-corrected chi connectivity index (χ1v) is 7.74. The summed E-state index contributed by atoms with van der Waals surface area (Å²) in [5.74, 6) is 0. The van der Waals surface area contributed by atoms with Crippen LogP contribution in [0, 0.1) is 20.2 Å². The van der Waals surface area contributed by atoms with Crippen LogP contribution >= 0.6 is 23.1 Å². The van der Waals surface area contributed by atoms with E-state index in [1.165, 1.54) is 5.41 Å². The van der Waals surface area contributed by atoms with Crippen molar-refractivity contribution in [3.05, 3.63) is 32.2 Å². The van der Waals surface area contributed by atoms with Crippen LogP contribution < -0.4 is 4.90 Å². The van der Waals surface area contributed by atoms with Crippen molar-refractivity contribution < 1.29 is 9.85 Å². The fraction of sp³-hybridized carbons (Fsp3) is 0.455. The van der Waals surface area contributed by atoms with Crippen LogP contribution in [0.3, 0.4) is 0 Å². The molecule has 0 bridgehead atoms. The van der Waals surface area contributed by atoms with Crippen molar-refractivity contribution in [1.29, 1.82) is 0 Å². The highest BCUT2D eigenvalue weighted by atomic mass is 32.2. The minimum absolute atomic E-state index is 0.150. The smallest absolute Gasteiger partial charge is 0.355 e. The normalized spacial score (nSPS) is 15.1. The van der Waals surface area contributed by atoms with Crippen LogP contribution in [0.1, 0.15) is 19.3 Å². The second-order valence-electron chi connectivity index (χ2n) is 4.24. The van der Waals surface area contributed by atoms with Gasteiger partial charge in [-0.15, -0.1) is 0 Å². The van der Waals surface area contributed by atoms with Crippen LogP contribution in [-0.2, 0) is 0 Å². The third-order valence-electron chi connectivity index (χ3n) is 3.02. The third-order valence-corrected chi connectivity index (χ3v) is 5.05. The van der Waals surface area contributed by atoms with E-state index < -0.39 is 9.85 Å². The van der Waals surface area contributed by atoms with Gasteiger partial charge in [-0.1, -0.05) is 18.3 Å². The summed E-state index contributed by atoms with van der Waals surface area (Å²) in [7, 11) is 0. The van der Waals surface area contributed by atoms with E-state index in [4.69, 9.17) is 0 Å². The average molecular weight is 315 g/mol. The lowest BCUT2D eigenvalue weighted by molar-refractivity contribution is -0.390. The molecule has 0 aliphatic carbocycles. The monoisotopic (exact) mass is 315 g/mol. The lowest BCUT2D eigenvalue weighted by atomic mass is 10.1. The zero-order valence-corrected chi connectivity index (χ0v) is 12.2. The molecule has 0 amide bonds. The van der Waals surface area contributed by atoms with Crippen LogP contribution in [0.15, 0.2) is 16.2 Å². The minimum atomic E-state index is -0.533. The molecule has 108 valence electrons. The maximum atomic E-state index is 11.3. The Morgan fingerprint density at radius 3 is 2.35 bits per heavy atom. The van der Waals surface area contributed by atoms with Gasteiger partial charge in [-0.05, 0) is 36.0 Å². The first-order valence-electron chi connectivity index (χ1n) is 6.04. The molecule has 0 atom stereocenters. The number of rotatable bonds is 5. The van der Waals surface area contributed by atoms with Crippen LogP contribution in [0.2, 0.25) is 0 Å². The number of anilines is 1. The second kappa shape index (κ2) is 6.23. The van der Waals surface area contributed by atoms with E-state index in [1.54, 1.807) is 4.90 Å². The van der Waals surface area contributed by atoms with E-state index in [1.807, 2.05) is 0 Å². The van der Waals surface area contributed by atoms with Crippen molar-refractivity contribution in [3.8, 4) is 0 Å². The molecule has 1 aliphatic rings. The molecular weight excluding hydrogens is 302 g/mol. The van der Waals surface area contributed by atoms with Crippen molar-refractivity contribution in [2.24, 2.45) is 0 Å². The highest BCUT2D eigenvalue weighted by molar-refractivity contribution is 8.04. The maximum Gasteiger partial charge on any atom is 0.355 e. The van der Waals surface area contributed by atoms with Crippen molar-refractivity contribution in [1.82, 2.24) is 0 Å². The lowest BCUT2D eigenvalue weighted by Crippen LogP contribution is -2.30. The van der Waals surface area contributed by atoms with Crippen molar-refractivity contribution >= 4 is 39.5 Å². The van der Waals surface area contributed by atoms with Gasteiger partial charge in [0.1, 0.15) is 0 Å². The summed E-state index contributed by atoms with van der Waals surface area (Å²) in [5.41, 5.74) is 0.00236. The number of hydrogen-bond donors (Lipinski definition) is 0. The molecule has 1 saturated heterocycles. The van der Waals surface area contributed by atoms with Gasteiger partial charge in [0.2, 0.25) is 5.69 Å². The molecule has 7 nitrogen and oxygen atoms in total. The summed E-state index contributed by atoms with van der Waals surface area (Å²) < 4.78 is 0.317. The first kappa shape index (κ1) is 14.8. The number of nitrogens with zero attached hydrogens (tertiary/aromatic N) is 3. The summed E-state index contributed by atoms with van der Waals surface area (Å²) in [6, 6.07) is 0. The number of hydrogen-bond acceptors (Lipinski definition) is 7. The minimum Gasteiger partial charge on any atom is -0.360 e. The Kier molecular flexibility index (Phi) is 4.61. The molecule has 0 spiro atoms. The van der Waals surface area contributed by atoms with Gasteiger partial charge in [-0.2, -0.15) is 0 Å². The Bertz CT molecular complexity index is 552. The number of thioether (sulfide) groups is 1. The van der Waals surface area contributed by atoms with Gasteiger partial charge in [-0.25, -0.2) is 0 Å². The molecule has 1 aromatic heterocycles. The van der Waals surface area contributed by atoms with Crippen LogP contribution in [0.5, 0.6) is 0 Å². The van der Waals surface area contributed by atoms with Gasteiger partial charge >= 0.3 is 10.7 Å². The van der Waals surface area contributed by atoms with E-state index in [2.05, 4.69) is 6.58 Å². The highest BCUT2D eigenvalue weighted by Crippen LogP contribution is 2.52. The van der Waals surface area contributed by atoms with Crippen LogP contribution in [0.25, 0.3) is 0 Å². The summed E-state index contributed by atoms with van der Waals surface area (Å²) in [6.07, 6.45) is 2.85. The molecule has 1 aromatic rings. The number of nitro groups is 2. The molecule has 9 heteroatoms. The van der Waals surface area contributed by atoms with Gasteiger partial charge in [0.15, 0.2) is 4.21 Å². The van der Waals surface area contributed by atoms with Crippen LogP contribution in [0.4, 0.5) is 16.4 Å². The molecule has 2 heterocycles. The Morgan fingerprint density at radius 1 is 1.20 bits per heavy atom. The summed E-state index contributed by atoms with van der Waals surface area (Å²) in [5, 5.41) is 23.8. The number of piperidine rings is 1. The average Bonchev–Trinajstić information content (AvgIpc) is 2.80. The summed E-state index contributed by atoms with van der Waals surface area (Å²) in [6.45, 7) is 4.76. The van der Waals surface area contributed by atoms with Gasteiger partial charge in [0.05, 0.1) is 9.85 Å². The Hall–Kier alpha value is -1.61. The largest absolute Gasteiger partial charge is 0.360 e. The maximum absolute atomic E-state index is 11.3. The third kappa shape index (κ3) is 2.78. The summed E-state index contributed by atoms with van der Waals surface area (Å²) >= 11 is 1.91. The molecule has 0 saturated carbocycles. The molecule has 0 unspecified atom stereocenters. The predicted octanol–water partition coefficient (Wildman–Crippen LogP) is 3.79. The van der Waals surface area contributed by atoms with E-state index in [0.717, 1.165) is 42.4 Å². The first-order chi connectivity index (χ1) is 9.56. The van der Waals surface area contributed by atoms with E-state index in [9.17, 15) is 20.2 Å². The van der Waals surface area contributed by atoms with Gasteiger partial charge < -0.3 is 4.90 Å². The molecular formula is C11H13N3O4S2. The predicted molar refractivity (Wildman–Crippen MR) is 79.7 cm³/mol. The zero-order valence-electron chi connectivity index (χ0n) is 10.6. The fourth-order valence-electron chi connectivity index (χ4n) is 2.23. The fourth-order valence-corrected chi connectivity index (χ4v) is 4.13. The standard InChI is InChI=1S/C11H13N3O4S2/c1-2-19-11-9(13(15)16)8(10(20-11)14(17)18)12-6-4-3-5-7-12/h2H,1,3-7H2.